The van der Waals surface area contributed by atoms with Crippen molar-refractivity contribution in [3.63, 3.8) is 0 Å². The van der Waals surface area contributed by atoms with Crippen LogP contribution < -0.4 is 0 Å². The average Bonchev–Trinajstić information content (AvgIpc) is 2.62. The Morgan fingerprint density at radius 1 is 0.708 bits per heavy atom. The van der Waals surface area contributed by atoms with Crippen LogP contribution in [0.3, 0.4) is 0 Å². The second kappa shape index (κ2) is 6.58. The van der Waals surface area contributed by atoms with Gasteiger partial charge in [-0.1, -0.05) is 47.5 Å². The molecule has 1 nitrogen and oxygen atoms in total. The lowest BCUT2D eigenvalue weighted by Crippen LogP contribution is -2.07. The Kier molecular flexibility index (Phi) is 4.30. The Morgan fingerprint density at radius 3 is 1.96 bits per heavy atom. The number of hydrogen-bond acceptors (Lipinski definition) is 1. The third-order valence-electron chi connectivity index (χ3n) is 4.60. The number of hydrogen-bond donors (Lipinski definition) is 0. The zero-order chi connectivity index (χ0) is 16.5. The van der Waals surface area contributed by atoms with Crippen LogP contribution in [-0.2, 0) is 12.8 Å². The van der Waals surface area contributed by atoms with Crippen LogP contribution in [0.5, 0.6) is 0 Å². The van der Waals surface area contributed by atoms with Gasteiger partial charge in [-0.25, -0.2) is 4.98 Å². The fourth-order valence-corrected chi connectivity index (χ4v) is 3.61. The standard InChI is InChI=1S/C21H17Cl2N/c22-17-9-5-14(6-10-17)20-13-16-3-1-2-4-19(16)21(24-20)15-7-11-18(23)12-8-15/h5-13H,1-4H2. The van der Waals surface area contributed by atoms with E-state index in [0.717, 1.165) is 45.4 Å². The Labute approximate surface area is 152 Å². The van der Waals surface area contributed by atoms with Crippen molar-refractivity contribution in [2.24, 2.45) is 0 Å². The summed E-state index contributed by atoms with van der Waals surface area (Å²) in [5, 5.41) is 1.50. The molecule has 120 valence electrons. The lowest BCUT2D eigenvalue weighted by Gasteiger charge is -2.20. The number of fused-ring (bicyclic) bond motifs is 1. The average molecular weight is 354 g/mol. The molecule has 24 heavy (non-hydrogen) atoms. The largest absolute Gasteiger partial charge is 0.247 e. The van der Waals surface area contributed by atoms with Gasteiger partial charge >= 0.3 is 0 Å². The van der Waals surface area contributed by atoms with E-state index in [1.54, 1.807) is 0 Å². The minimum atomic E-state index is 0.745. The molecule has 1 aliphatic rings. The molecule has 3 aromatic rings. The second-order valence-corrected chi connectivity index (χ2v) is 7.09. The van der Waals surface area contributed by atoms with E-state index < -0.39 is 0 Å². The van der Waals surface area contributed by atoms with Gasteiger partial charge in [0.25, 0.3) is 0 Å². The summed E-state index contributed by atoms with van der Waals surface area (Å²) >= 11 is 12.1. The van der Waals surface area contributed by atoms with Crippen molar-refractivity contribution >= 4 is 23.2 Å². The van der Waals surface area contributed by atoms with Crippen molar-refractivity contribution in [2.45, 2.75) is 25.7 Å². The molecule has 0 amide bonds. The number of rotatable bonds is 2. The Bertz CT molecular complexity index is 868. The molecule has 0 aliphatic heterocycles. The van der Waals surface area contributed by atoms with Crippen molar-refractivity contribution in [1.29, 1.82) is 0 Å². The molecule has 2 aromatic carbocycles. The summed E-state index contributed by atoms with van der Waals surface area (Å²) in [6.07, 6.45) is 4.70. The molecule has 0 bridgehead atoms. The first-order valence-corrected chi connectivity index (χ1v) is 9.01. The summed E-state index contributed by atoms with van der Waals surface area (Å²) in [4.78, 5) is 5.00. The summed E-state index contributed by atoms with van der Waals surface area (Å²) < 4.78 is 0. The van der Waals surface area contributed by atoms with Crippen molar-refractivity contribution in [3.05, 3.63) is 75.8 Å². The fraction of sp³-hybridized carbons (Fsp3) is 0.190. The highest BCUT2D eigenvalue weighted by molar-refractivity contribution is 6.30. The third-order valence-corrected chi connectivity index (χ3v) is 5.10. The maximum atomic E-state index is 6.05. The monoisotopic (exact) mass is 353 g/mol. The lowest BCUT2D eigenvalue weighted by atomic mass is 9.88. The number of halogens is 2. The highest BCUT2D eigenvalue weighted by Gasteiger charge is 2.18. The van der Waals surface area contributed by atoms with E-state index in [2.05, 4.69) is 18.2 Å². The number of nitrogens with zero attached hydrogens (tertiary/aromatic N) is 1. The third kappa shape index (κ3) is 3.07. The highest BCUT2D eigenvalue weighted by Crippen LogP contribution is 2.34. The van der Waals surface area contributed by atoms with E-state index >= 15 is 0 Å². The number of benzene rings is 2. The molecule has 0 unspecified atom stereocenters. The normalized spacial score (nSPS) is 13.6. The topological polar surface area (TPSA) is 12.9 Å². The van der Waals surface area contributed by atoms with Crippen LogP contribution in [0.1, 0.15) is 24.0 Å². The number of aryl methyl sites for hydroxylation is 1. The maximum Gasteiger partial charge on any atom is 0.0744 e. The van der Waals surface area contributed by atoms with Crippen molar-refractivity contribution in [2.75, 3.05) is 0 Å². The van der Waals surface area contributed by atoms with Gasteiger partial charge in [0.15, 0.2) is 0 Å². The molecule has 0 saturated carbocycles. The van der Waals surface area contributed by atoms with Crippen LogP contribution in [0, 0.1) is 0 Å². The second-order valence-electron chi connectivity index (χ2n) is 6.21. The van der Waals surface area contributed by atoms with Crippen LogP contribution in [0.4, 0.5) is 0 Å². The predicted octanol–water partition coefficient (Wildman–Crippen LogP) is 6.60. The smallest absolute Gasteiger partial charge is 0.0744 e. The molecular formula is C21H17Cl2N. The fourth-order valence-electron chi connectivity index (χ4n) is 3.36. The van der Waals surface area contributed by atoms with Crippen molar-refractivity contribution in [3.8, 4) is 22.5 Å². The van der Waals surface area contributed by atoms with Gasteiger partial charge < -0.3 is 0 Å². The first kappa shape index (κ1) is 15.7. The molecule has 0 N–H and O–H groups in total. The Hall–Kier alpha value is -1.83. The minimum Gasteiger partial charge on any atom is -0.247 e. The molecule has 0 saturated heterocycles. The van der Waals surface area contributed by atoms with Crippen LogP contribution in [0.15, 0.2) is 54.6 Å². The summed E-state index contributed by atoms with van der Waals surface area (Å²) in [5.74, 6) is 0. The molecule has 1 aliphatic carbocycles. The molecule has 3 heteroatoms. The van der Waals surface area contributed by atoms with Gasteiger partial charge in [-0.2, -0.15) is 0 Å². The summed E-state index contributed by atoms with van der Waals surface area (Å²) in [7, 11) is 0. The SMILES string of the molecule is Clc1ccc(-c2cc3c(c(-c4ccc(Cl)cc4)n2)CCCC3)cc1. The summed E-state index contributed by atoms with van der Waals surface area (Å²) in [6.45, 7) is 0. The van der Waals surface area contributed by atoms with Gasteiger partial charge in [0.1, 0.15) is 0 Å². The zero-order valence-corrected chi connectivity index (χ0v) is 14.7. The van der Waals surface area contributed by atoms with Crippen molar-refractivity contribution in [1.82, 2.24) is 4.98 Å². The maximum absolute atomic E-state index is 6.05. The van der Waals surface area contributed by atoms with E-state index in [1.165, 1.54) is 24.0 Å². The summed E-state index contributed by atoms with van der Waals surface area (Å²) in [6, 6.07) is 18.1. The Balaban J connectivity index is 1.89. The number of aromatic nitrogens is 1. The van der Waals surface area contributed by atoms with Crippen LogP contribution >= 0.6 is 23.2 Å². The van der Waals surface area contributed by atoms with Crippen LogP contribution in [-0.4, -0.2) is 4.98 Å². The zero-order valence-electron chi connectivity index (χ0n) is 13.2. The molecule has 1 aromatic heterocycles. The van der Waals surface area contributed by atoms with E-state index in [-0.39, 0.29) is 0 Å². The van der Waals surface area contributed by atoms with Gasteiger partial charge in [0.2, 0.25) is 0 Å². The van der Waals surface area contributed by atoms with Gasteiger partial charge in [-0.15, -0.1) is 0 Å². The van der Waals surface area contributed by atoms with E-state index in [9.17, 15) is 0 Å². The van der Waals surface area contributed by atoms with Crippen LogP contribution in [0.25, 0.3) is 22.5 Å². The van der Waals surface area contributed by atoms with E-state index in [0.29, 0.717) is 0 Å². The molecule has 0 radical (unpaired) electrons. The first-order chi connectivity index (χ1) is 11.7. The number of pyridine rings is 1. The van der Waals surface area contributed by atoms with E-state index in [1.807, 2.05) is 36.4 Å². The van der Waals surface area contributed by atoms with Crippen molar-refractivity contribution < 1.29 is 0 Å². The van der Waals surface area contributed by atoms with Gasteiger partial charge in [0.05, 0.1) is 11.4 Å². The molecule has 0 atom stereocenters. The lowest BCUT2D eigenvalue weighted by molar-refractivity contribution is 0.684. The molecule has 0 spiro atoms. The highest BCUT2D eigenvalue weighted by atomic mass is 35.5. The minimum absolute atomic E-state index is 0.745. The van der Waals surface area contributed by atoms with Gasteiger partial charge in [-0.3, -0.25) is 0 Å². The molecule has 1 heterocycles. The molecular weight excluding hydrogens is 337 g/mol. The summed E-state index contributed by atoms with van der Waals surface area (Å²) in [5.41, 5.74) is 7.15. The van der Waals surface area contributed by atoms with Crippen LogP contribution in [0.2, 0.25) is 10.0 Å². The van der Waals surface area contributed by atoms with Gasteiger partial charge in [-0.05, 0) is 67.1 Å². The molecule has 0 fully saturated rings. The quantitative estimate of drug-likeness (QED) is 0.505. The van der Waals surface area contributed by atoms with Gasteiger partial charge in [0, 0.05) is 21.2 Å². The molecule has 4 rings (SSSR count). The Morgan fingerprint density at radius 2 is 1.29 bits per heavy atom. The van der Waals surface area contributed by atoms with E-state index in [4.69, 9.17) is 28.2 Å². The predicted molar refractivity (Wildman–Crippen MR) is 102 cm³/mol. The first-order valence-electron chi connectivity index (χ1n) is 8.25.